The van der Waals surface area contributed by atoms with Crippen LogP contribution in [-0.2, 0) is 6.42 Å². The van der Waals surface area contributed by atoms with Gasteiger partial charge < -0.3 is 11.1 Å². The number of aromatic nitrogens is 1. The smallest absolute Gasteiger partial charge is 0.252 e. The molecule has 0 radical (unpaired) electrons. The SMILES string of the molecule is NC(=O)c1cccnc1NCC1Cc2ccccc21. The summed E-state index contributed by atoms with van der Waals surface area (Å²) in [6.45, 7) is 0.772. The molecule has 4 heteroatoms. The molecule has 0 bridgehead atoms. The maximum Gasteiger partial charge on any atom is 0.252 e. The van der Waals surface area contributed by atoms with Crippen LogP contribution in [0.15, 0.2) is 42.6 Å². The zero-order valence-electron chi connectivity index (χ0n) is 10.5. The molecule has 0 spiro atoms. The highest BCUT2D eigenvalue weighted by Gasteiger charge is 2.25. The minimum Gasteiger partial charge on any atom is -0.369 e. The quantitative estimate of drug-likeness (QED) is 0.874. The highest BCUT2D eigenvalue weighted by Crippen LogP contribution is 2.34. The Labute approximate surface area is 111 Å². The van der Waals surface area contributed by atoms with Crippen LogP contribution in [0.25, 0.3) is 0 Å². The van der Waals surface area contributed by atoms with Crippen LogP contribution in [0.3, 0.4) is 0 Å². The molecule has 1 aromatic carbocycles. The first-order chi connectivity index (χ1) is 9.25. The Kier molecular flexibility index (Phi) is 2.91. The predicted molar refractivity (Wildman–Crippen MR) is 74.1 cm³/mol. The zero-order chi connectivity index (χ0) is 13.2. The van der Waals surface area contributed by atoms with Gasteiger partial charge in [0.1, 0.15) is 5.82 Å². The van der Waals surface area contributed by atoms with E-state index in [-0.39, 0.29) is 0 Å². The summed E-state index contributed by atoms with van der Waals surface area (Å²) >= 11 is 0. The highest BCUT2D eigenvalue weighted by atomic mass is 16.1. The number of nitrogens with one attached hydrogen (secondary N) is 1. The molecule has 4 nitrogen and oxygen atoms in total. The van der Waals surface area contributed by atoms with Crippen LogP contribution in [0.4, 0.5) is 5.82 Å². The molecule has 3 rings (SSSR count). The van der Waals surface area contributed by atoms with Crippen LogP contribution in [0.5, 0.6) is 0 Å². The summed E-state index contributed by atoms with van der Waals surface area (Å²) in [7, 11) is 0. The van der Waals surface area contributed by atoms with Gasteiger partial charge in [-0.25, -0.2) is 4.98 Å². The fourth-order valence-corrected chi connectivity index (χ4v) is 2.51. The summed E-state index contributed by atoms with van der Waals surface area (Å²) in [5, 5.41) is 3.23. The van der Waals surface area contributed by atoms with Gasteiger partial charge in [-0.1, -0.05) is 24.3 Å². The van der Waals surface area contributed by atoms with E-state index in [1.54, 1.807) is 18.3 Å². The lowest BCUT2D eigenvalue weighted by atomic mass is 9.77. The van der Waals surface area contributed by atoms with Gasteiger partial charge in [0, 0.05) is 18.7 Å². The Morgan fingerprint density at radius 2 is 2.16 bits per heavy atom. The third-order valence-electron chi connectivity index (χ3n) is 3.55. The number of anilines is 1. The molecule has 0 saturated heterocycles. The number of carbonyl (C=O) groups is 1. The second-order valence-corrected chi connectivity index (χ2v) is 4.74. The largest absolute Gasteiger partial charge is 0.369 e. The number of hydrogen-bond donors (Lipinski definition) is 2. The maximum atomic E-state index is 11.3. The highest BCUT2D eigenvalue weighted by molar-refractivity contribution is 5.97. The maximum absolute atomic E-state index is 11.3. The van der Waals surface area contributed by atoms with Crippen LogP contribution in [0.2, 0.25) is 0 Å². The normalized spacial score (nSPS) is 16.3. The van der Waals surface area contributed by atoms with Crippen LogP contribution in [0.1, 0.15) is 27.4 Å². The number of primary amides is 1. The summed E-state index contributed by atoms with van der Waals surface area (Å²) in [4.78, 5) is 15.5. The predicted octanol–water partition coefficient (Wildman–Crippen LogP) is 1.93. The Morgan fingerprint density at radius 3 is 2.95 bits per heavy atom. The van der Waals surface area contributed by atoms with E-state index in [1.165, 1.54) is 11.1 Å². The summed E-state index contributed by atoms with van der Waals surface area (Å²) in [6.07, 6.45) is 2.73. The van der Waals surface area contributed by atoms with Gasteiger partial charge in [0.15, 0.2) is 0 Å². The third kappa shape index (κ3) is 2.17. The first kappa shape index (κ1) is 11.7. The summed E-state index contributed by atoms with van der Waals surface area (Å²) in [5.74, 6) is 0.600. The van der Waals surface area contributed by atoms with Gasteiger partial charge in [0.2, 0.25) is 0 Å². The third-order valence-corrected chi connectivity index (χ3v) is 3.55. The lowest BCUT2D eigenvalue weighted by molar-refractivity contribution is 0.100. The second-order valence-electron chi connectivity index (χ2n) is 4.74. The molecular weight excluding hydrogens is 238 g/mol. The number of nitrogens with two attached hydrogens (primary N) is 1. The van der Waals surface area contributed by atoms with E-state index in [0.29, 0.717) is 17.3 Å². The molecule has 2 aromatic rings. The average molecular weight is 253 g/mol. The van der Waals surface area contributed by atoms with E-state index in [0.717, 1.165) is 13.0 Å². The molecule has 1 atom stereocenters. The Balaban J connectivity index is 1.70. The molecule has 3 N–H and O–H groups in total. The van der Waals surface area contributed by atoms with Crippen LogP contribution in [-0.4, -0.2) is 17.4 Å². The van der Waals surface area contributed by atoms with Crippen molar-refractivity contribution in [2.75, 3.05) is 11.9 Å². The number of pyridine rings is 1. The Hall–Kier alpha value is -2.36. The minimum absolute atomic E-state index is 0.440. The van der Waals surface area contributed by atoms with Crippen LogP contribution < -0.4 is 11.1 Å². The van der Waals surface area contributed by atoms with Crippen molar-refractivity contribution in [1.82, 2.24) is 4.98 Å². The monoisotopic (exact) mass is 253 g/mol. The Morgan fingerprint density at radius 1 is 1.32 bits per heavy atom. The number of nitrogens with zero attached hydrogens (tertiary/aromatic N) is 1. The van der Waals surface area contributed by atoms with Crippen molar-refractivity contribution in [1.29, 1.82) is 0 Å². The number of benzene rings is 1. The number of fused-ring (bicyclic) bond motifs is 1. The molecule has 1 aliphatic carbocycles. The molecule has 1 aliphatic rings. The van der Waals surface area contributed by atoms with E-state index in [2.05, 4.69) is 34.6 Å². The van der Waals surface area contributed by atoms with Crippen molar-refractivity contribution < 1.29 is 4.79 Å². The standard InChI is InChI=1S/C15H15N3O/c16-14(19)13-6-3-7-17-15(13)18-9-11-8-10-4-1-2-5-12(10)11/h1-7,11H,8-9H2,(H2,16,19)(H,17,18). The van der Waals surface area contributed by atoms with Gasteiger partial charge >= 0.3 is 0 Å². The van der Waals surface area contributed by atoms with Gasteiger partial charge in [-0.05, 0) is 29.7 Å². The van der Waals surface area contributed by atoms with Crippen molar-refractivity contribution in [3.8, 4) is 0 Å². The van der Waals surface area contributed by atoms with Crippen LogP contribution >= 0.6 is 0 Å². The summed E-state index contributed by atoms with van der Waals surface area (Å²) in [5.41, 5.74) is 8.55. The van der Waals surface area contributed by atoms with Crippen LogP contribution in [0, 0.1) is 0 Å². The molecule has 1 heterocycles. The van der Waals surface area contributed by atoms with Gasteiger partial charge in [0.05, 0.1) is 5.56 Å². The van der Waals surface area contributed by atoms with Crippen molar-refractivity contribution in [3.05, 3.63) is 59.3 Å². The van der Waals surface area contributed by atoms with Gasteiger partial charge in [-0.2, -0.15) is 0 Å². The van der Waals surface area contributed by atoms with E-state index < -0.39 is 5.91 Å². The van der Waals surface area contributed by atoms with Gasteiger partial charge in [-0.3, -0.25) is 4.79 Å². The van der Waals surface area contributed by atoms with Gasteiger partial charge in [-0.15, -0.1) is 0 Å². The van der Waals surface area contributed by atoms with Crippen molar-refractivity contribution in [3.63, 3.8) is 0 Å². The number of rotatable bonds is 4. The molecular formula is C15H15N3O. The minimum atomic E-state index is -0.454. The molecule has 0 fully saturated rings. The molecule has 0 saturated carbocycles. The molecule has 0 aliphatic heterocycles. The fraction of sp³-hybridized carbons (Fsp3) is 0.200. The lowest BCUT2D eigenvalue weighted by Crippen LogP contribution is -2.25. The number of carbonyl (C=O) groups excluding carboxylic acids is 1. The molecule has 96 valence electrons. The molecule has 19 heavy (non-hydrogen) atoms. The first-order valence-corrected chi connectivity index (χ1v) is 6.32. The van der Waals surface area contributed by atoms with E-state index in [4.69, 9.17) is 5.73 Å². The van der Waals surface area contributed by atoms with E-state index in [9.17, 15) is 4.79 Å². The zero-order valence-corrected chi connectivity index (χ0v) is 10.5. The van der Waals surface area contributed by atoms with Crippen molar-refractivity contribution >= 4 is 11.7 Å². The number of hydrogen-bond acceptors (Lipinski definition) is 3. The molecule has 1 aromatic heterocycles. The second kappa shape index (κ2) is 4.72. The first-order valence-electron chi connectivity index (χ1n) is 6.32. The van der Waals surface area contributed by atoms with Crippen molar-refractivity contribution in [2.24, 2.45) is 5.73 Å². The van der Waals surface area contributed by atoms with E-state index >= 15 is 0 Å². The van der Waals surface area contributed by atoms with Crippen molar-refractivity contribution in [2.45, 2.75) is 12.3 Å². The summed E-state index contributed by atoms with van der Waals surface area (Å²) in [6, 6.07) is 11.8. The lowest BCUT2D eigenvalue weighted by Gasteiger charge is -2.30. The molecule has 1 unspecified atom stereocenters. The summed E-state index contributed by atoms with van der Waals surface area (Å²) < 4.78 is 0. The van der Waals surface area contributed by atoms with Gasteiger partial charge in [0.25, 0.3) is 5.91 Å². The Bertz CT molecular complexity index is 624. The number of amides is 1. The molecule has 1 amide bonds. The van der Waals surface area contributed by atoms with E-state index in [1.807, 2.05) is 0 Å². The average Bonchev–Trinajstić information content (AvgIpc) is 2.40. The topological polar surface area (TPSA) is 68.0 Å². The fourth-order valence-electron chi connectivity index (χ4n) is 2.51.